The van der Waals surface area contributed by atoms with Gasteiger partial charge in [-0.05, 0) is 30.3 Å². The van der Waals surface area contributed by atoms with Gasteiger partial charge in [-0.3, -0.25) is 4.79 Å². The van der Waals surface area contributed by atoms with Crippen LogP contribution in [0, 0.1) is 0 Å². The van der Waals surface area contributed by atoms with Crippen LogP contribution < -0.4 is 5.32 Å². The zero-order chi connectivity index (χ0) is 15.1. The van der Waals surface area contributed by atoms with E-state index in [-0.39, 0.29) is 5.91 Å². The number of thiazole rings is 1. The number of rotatable bonds is 2. The molecule has 22 heavy (non-hydrogen) atoms. The van der Waals surface area contributed by atoms with Crippen molar-refractivity contribution in [3.05, 3.63) is 58.3 Å². The lowest BCUT2D eigenvalue weighted by Gasteiger charge is -1.97. The summed E-state index contributed by atoms with van der Waals surface area (Å²) in [6.45, 7) is 0. The standard InChI is InChI=1S/C16H9ClN2O2S/c17-9-3-4-11-12(15(20)19-13(11)6-9)7-10-8-22-16(18-10)14-2-1-5-21-14/h1-8H,(H,19,20)/b12-7-. The van der Waals surface area contributed by atoms with E-state index in [1.54, 1.807) is 24.5 Å². The van der Waals surface area contributed by atoms with E-state index < -0.39 is 0 Å². The third-order valence-electron chi connectivity index (χ3n) is 3.31. The maximum absolute atomic E-state index is 12.1. The zero-order valence-electron chi connectivity index (χ0n) is 11.2. The molecule has 1 N–H and O–H groups in total. The molecule has 1 amide bonds. The first-order valence-electron chi connectivity index (χ1n) is 6.53. The second-order valence-electron chi connectivity index (χ2n) is 4.76. The van der Waals surface area contributed by atoms with Crippen LogP contribution in [0.5, 0.6) is 0 Å². The summed E-state index contributed by atoms with van der Waals surface area (Å²) >= 11 is 7.42. The number of carbonyl (C=O) groups is 1. The largest absolute Gasteiger partial charge is 0.462 e. The summed E-state index contributed by atoms with van der Waals surface area (Å²) in [6.07, 6.45) is 3.39. The minimum atomic E-state index is -0.148. The Morgan fingerprint density at radius 2 is 2.23 bits per heavy atom. The van der Waals surface area contributed by atoms with Gasteiger partial charge in [0.15, 0.2) is 10.8 Å². The second kappa shape index (κ2) is 5.12. The smallest absolute Gasteiger partial charge is 0.256 e. The molecule has 3 aromatic rings. The molecule has 6 heteroatoms. The number of halogens is 1. The Labute approximate surface area is 135 Å². The molecule has 0 unspecified atom stereocenters. The van der Waals surface area contributed by atoms with E-state index in [4.69, 9.17) is 16.0 Å². The lowest BCUT2D eigenvalue weighted by molar-refractivity contribution is -0.110. The molecule has 4 rings (SSSR count). The fraction of sp³-hybridized carbons (Fsp3) is 0. The van der Waals surface area contributed by atoms with Crippen molar-refractivity contribution in [3.8, 4) is 10.8 Å². The molecule has 0 saturated carbocycles. The number of hydrogen-bond donors (Lipinski definition) is 1. The first kappa shape index (κ1) is 13.3. The maximum atomic E-state index is 12.1. The lowest BCUT2D eigenvalue weighted by atomic mass is 10.1. The van der Waals surface area contributed by atoms with Crippen LogP contribution in [0.3, 0.4) is 0 Å². The van der Waals surface area contributed by atoms with Crippen molar-refractivity contribution < 1.29 is 9.21 Å². The van der Waals surface area contributed by atoms with Crippen molar-refractivity contribution in [2.75, 3.05) is 5.32 Å². The van der Waals surface area contributed by atoms with Gasteiger partial charge in [-0.2, -0.15) is 0 Å². The molecular formula is C16H9ClN2O2S. The number of amides is 1. The van der Waals surface area contributed by atoms with Gasteiger partial charge >= 0.3 is 0 Å². The summed E-state index contributed by atoms with van der Waals surface area (Å²) in [5, 5.41) is 6.08. The predicted molar refractivity (Wildman–Crippen MR) is 87.8 cm³/mol. The number of carbonyl (C=O) groups excluding carboxylic acids is 1. The zero-order valence-corrected chi connectivity index (χ0v) is 12.7. The molecule has 0 aliphatic carbocycles. The van der Waals surface area contributed by atoms with Crippen LogP contribution in [0.25, 0.3) is 22.4 Å². The number of furan rings is 1. The molecule has 1 aliphatic rings. The summed E-state index contributed by atoms with van der Waals surface area (Å²) in [4.78, 5) is 16.6. The quantitative estimate of drug-likeness (QED) is 0.702. The molecular weight excluding hydrogens is 320 g/mol. The summed E-state index contributed by atoms with van der Waals surface area (Å²) in [6, 6.07) is 9.02. The van der Waals surface area contributed by atoms with E-state index >= 15 is 0 Å². The maximum Gasteiger partial charge on any atom is 0.256 e. The minimum absolute atomic E-state index is 0.148. The number of anilines is 1. The van der Waals surface area contributed by atoms with Gasteiger partial charge in [0.25, 0.3) is 5.91 Å². The molecule has 2 aromatic heterocycles. The van der Waals surface area contributed by atoms with Crippen molar-refractivity contribution in [3.63, 3.8) is 0 Å². The van der Waals surface area contributed by atoms with Gasteiger partial charge in [0.2, 0.25) is 0 Å². The predicted octanol–water partition coefficient (Wildman–Crippen LogP) is 4.55. The molecule has 1 aliphatic heterocycles. The van der Waals surface area contributed by atoms with E-state index in [0.717, 1.165) is 27.7 Å². The number of aromatic nitrogens is 1. The molecule has 0 bridgehead atoms. The summed E-state index contributed by atoms with van der Waals surface area (Å²) in [5.74, 6) is 0.572. The summed E-state index contributed by atoms with van der Waals surface area (Å²) in [5.41, 5.74) is 2.87. The van der Waals surface area contributed by atoms with Crippen LogP contribution >= 0.6 is 22.9 Å². The van der Waals surface area contributed by atoms with E-state index in [9.17, 15) is 4.79 Å². The summed E-state index contributed by atoms with van der Waals surface area (Å²) < 4.78 is 5.33. The third kappa shape index (κ3) is 2.24. The van der Waals surface area contributed by atoms with Gasteiger partial charge < -0.3 is 9.73 Å². The minimum Gasteiger partial charge on any atom is -0.462 e. The Kier molecular flexibility index (Phi) is 3.10. The highest BCUT2D eigenvalue weighted by molar-refractivity contribution is 7.13. The van der Waals surface area contributed by atoms with Gasteiger partial charge in [-0.15, -0.1) is 11.3 Å². The van der Waals surface area contributed by atoms with Gasteiger partial charge in [0.1, 0.15) is 0 Å². The highest BCUT2D eigenvalue weighted by atomic mass is 35.5. The van der Waals surface area contributed by atoms with E-state index in [0.29, 0.717) is 10.6 Å². The van der Waals surface area contributed by atoms with Crippen LogP contribution in [0.4, 0.5) is 5.69 Å². The molecule has 0 saturated heterocycles. The third-order valence-corrected chi connectivity index (χ3v) is 4.42. The number of benzene rings is 1. The fourth-order valence-corrected chi connectivity index (χ4v) is 3.24. The van der Waals surface area contributed by atoms with Gasteiger partial charge in [-0.1, -0.05) is 17.7 Å². The molecule has 0 spiro atoms. The van der Waals surface area contributed by atoms with E-state index in [1.165, 1.54) is 11.3 Å². The number of nitrogens with one attached hydrogen (secondary N) is 1. The highest BCUT2D eigenvalue weighted by Crippen LogP contribution is 2.35. The number of hydrogen-bond acceptors (Lipinski definition) is 4. The van der Waals surface area contributed by atoms with Crippen LogP contribution in [0.2, 0.25) is 5.02 Å². The average molecular weight is 329 g/mol. The Hall–Kier alpha value is -2.37. The Morgan fingerprint density at radius 3 is 3.05 bits per heavy atom. The fourth-order valence-electron chi connectivity index (χ4n) is 2.32. The van der Waals surface area contributed by atoms with Crippen LogP contribution in [0.15, 0.2) is 46.4 Å². The molecule has 1 aromatic carbocycles. The van der Waals surface area contributed by atoms with Crippen molar-refractivity contribution in [1.82, 2.24) is 4.98 Å². The van der Waals surface area contributed by atoms with Crippen molar-refractivity contribution in [2.45, 2.75) is 0 Å². The summed E-state index contributed by atoms with van der Waals surface area (Å²) in [7, 11) is 0. The lowest BCUT2D eigenvalue weighted by Crippen LogP contribution is -2.03. The molecule has 4 nitrogen and oxygen atoms in total. The Balaban J connectivity index is 1.73. The first-order chi connectivity index (χ1) is 10.7. The van der Waals surface area contributed by atoms with E-state index in [1.807, 2.05) is 23.6 Å². The Bertz CT molecular complexity index is 897. The van der Waals surface area contributed by atoms with Crippen LogP contribution in [-0.4, -0.2) is 10.9 Å². The first-order valence-corrected chi connectivity index (χ1v) is 7.79. The molecule has 0 fully saturated rings. The SMILES string of the molecule is O=C1Nc2cc(Cl)ccc2/C1=C/c1csc(-c2ccco2)n1. The normalized spacial score (nSPS) is 15.1. The van der Waals surface area contributed by atoms with Gasteiger partial charge in [0, 0.05) is 16.0 Å². The monoisotopic (exact) mass is 328 g/mol. The average Bonchev–Trinajstić information content (AvgIpc) is 3.20. The second-order valence-corrected chi connectivity index (χ2v) is 6.05. The van der Waals surface area contributed by atoms with Crippen LogP contribution in [0.1, 0.15) is 11.3 Å². The molecule has 108 valence electrons. The van der Waals surface area contributed by atoms with Gasteiger partial charge in [0.05, 0.1) is 23.2 Å². The number of fused-ring (bicyclic) bond motifs is 1. The van der Waals surface area contributed by atoms with Gasteiger partial charge in [-0.25, -0.2) is 4.98 Å². The topological polar surface area (TPSA) is 55.1 Å². The number of nitrogens with zero attached hydrogens (tertiary/aromatic N) is 1. The van der Waals surface area contributed by atoms with Crippen molar-refractivity contribution in [1.29, 1.82) is 0 Å². The highest BCUT2D eigenvalue weighted by Gasteiger charge is 2.24. The van der Waals surface area contributed by atoms with E-state index in [2.05, 4.69) is 10.3 Å². The van der Waals surface area contributed by atoms with Crippen molar-refractivity contribution in [2.24, 2.45) is 0 Å². The van der Waals surface area contributed by atoms with Crippen molar-refractivity contribution >= 4 is 46.2 Å². The molecule has 0 atom stereocenters. The Morgan fingerprint density at radius 1 is 1.32 bits per heavy atom. The van der Waals surface area contributed by atoms with Crippen LogP contribution in [-0.2, 0) is 4.79 Å². The molecule has 3 heterocycles. The molecule has 0 radical (unpaired) electrons.